The number of sulfone groups is 1. The molecule has 2 atom stereocenters. The number of aryl methyl sites for hydroxylation is 1. The van der Waals surface area contributed by atoms with Gasteiger partial charge in [0.2, 0.25) is 0 Å². The molecule has 186 valence electrons. The van der Waals surface area contributed by atoms with Crippen LogP contribution in [0, 0.1) is 5.92 Å². The third-order valence-electron chi connectivity index (χ3n) is 6.60. The number of aliphatic hydroxyl groups excluding tert-OH is 1. The molecule has 2 heterocycles. The van der Waals surface area contributed by atoms with E-state index < -0.39 is 32.2 Å². The van der Waals surface area contributed by atoms with E-state index in [2.05, 4.69) is 5.10 Å². The van der Waals surface area contributed by atoms with Crippen molar-refractivity contribution in [1.29, 1.82) is 0 Å². The molecule has 3 aromatic rings. The van der Waals surface area contributed by atoms with Crippen molar-refractivity contribution in [3.05, 3.63) is 71.5 Å². The highest BCUT2D eigenvalue weighted by atomic mass is 32.2. The zero-order valence-electron chi connectivity index (χ0n) is 20.6. The van der Waals surface area contributed by atoms with E-state index in [0.29, 0.717) is 35.5 Å². The summed E-state index contributed by atoms with van der Waals surface area (Å²) in [4.78, 5) is 13.0. The standard InChI is InChI=1S/C27H32N2O5S/c1-5-29-20(12-13-28-29)14-19-16-34-25-15-18(10-11-23(25)26(19)31)21-8-6-7-9-22(21)24(30)17-35(32,33)27(2,3)4/h6-13,15,19,26,31H,5,14,16-17H2,1-4H3/t19-,26+/m1/s1. The summed E-state index contributed by atoms with van der Waals surface area (Å²) in [6.45, 7) is 7.94. The fourth-order valence-corrected chi connectivity index (χ4v) is 5.25. The lowest BCUT2D eigenvalue weighted by Crippen LogP contribution is -2.33. The molecule has 0 aliphatic carbocycles. The highest BCUT2D eigenvalue weighted by Gasteiger charge is 2.33. The molecular formula is C27H32N2O5S. The summed E-state index contributed by atoms with van der Waals surface area (Å²) in [5, 5.41) is 15.4. The van der Waals surface area contributed by atoms with Crippen molar-refractivity contribution in [2.75, 3.05) is 12.4 Å². The van der Waals surface area contributed by atoms with E-state index in [0.717, 1.165) is 17.8 Å². The van der Waals surface area contributed by atoms with Gasteiger partial charge in [-0.15, -0.1) is 0 Å². The molecule has 7 nitrogen and oxygen atoms in total. The Morgan fingerprint density at radius 1 is 1.17 bits per heavy atom. The number of fused-ring (bicyclic) bond motifs is 1. The quantitative estimate of drug-likeness (QED) is 0.491. The van der Waals surface area contributed by atoms with Crippen LogP contribution in [0.1, 0.15) is 55.4 Å². The number of rotatable bonds is 7. The summed E-state index contributed by atoms with van der Waals surface area (Å²) in [5.74, 6) is -0.530. The van der Waals surface area contributed by atoms with Crippen LogP contribution in [0.4, 0.5) is 0 Å². The molecule has 1 aromatic heterocycles. The van der Waals surface area contributed by atoms with Gasteiger partial charge in [0.15, 0.2) is 15.6 Å². The fraction of sp³-hybridized carbons (Fsp3) is 0.407. The van der Waals surface area contributed by atoms with Crippen molar-refractivity contribution in [3.8, 4) is 16.9 Å². The molecule has 0 unspecified atom stereocenters. The van der Waals surface area contributed by atoms with E-state index in [1.165, 1.54) is 0 Å². The van der Waals surface area contributed by atoms with Crippen LogP contribution >= 0.6 is 0 Å². The number of ether oxygens (including phenoxy) is 1. The van der Waals surface area contributed by atoms with E-state index in [-0.39, 0.29) is 5.92 Å². The van der Waals surface area contributed by atoms with Crippen LogP contribution in [0.2, 0.25) is 0 Å². The summed E-state index contributed by atoms with van der Waals surface area (Å²) in [6.07, 6.45) is 1.72. The van der Waals surface area contributed by atoms with Crippen LogP contribution in [-0.4, -0.2) is 46.2 Å². The van der Waals surface area contributed by atoms with E-state index >= 15 is 0 Å². The Bertz CT molecular complexity index is 1340. The number of carbonyl (C=O) groups is 1. The van der Waals surface area contributed by atoms with E-state index in [9.17, 15) is 18.3 Å². The van der Waals surface area contributed by atoms with Gasteiger partial charge in [-0.05, 0) is 57.4 Å². The number of nitrogens with zero attached hydrogens (tertiary/aromatic N) is 2. The molecule has 1 N–H and O–H groups in total. The first-order valence-electron chi connectivity index (χ1n) is 11.8. The zero-order valence-corrected chi connectivity index (χ0v) is 21.4. The van der Waals surface area contributed by atoms with Crippen LogP contribution in [-0.2, 0) is 22.8 Å². The van der Waals surface area contributed by atoms with Crippen molar-refractivity contribution in [2.45, 2.75) is 51.5 Å². The van der Waals surface area contributed by atoms with E-state index in [4.69, 9.17) is 4.74 Å². The van der Waals surface area contributed by atoms with Gasteiger partial charge in [-0.3, -0.25) is 9.48 Å². The summed E-state index contributed by atoms with van der Waals surface area (Å²) in [6, 6.07) is 14.4. The molecule has 0 bridgehead atoms. The van der Waals surface area contributed by atoms with Crippen LogP contribution in [0.15, 0.2) is 54.7 Å². The average Bonchev–Trinajstić information content (AvgIpc) is 3.27. The smallest absolute Gasteiger partial charge is 0.178 e. The normalized spacial score (nSPS) is 18.1. The Hall–Kier alpha value is -2.97. The maximum atomic E-state index is 13.0. The third kappa shape index (κ3) is 5.04. The molecule has 35 heavy (non-hydrogen) atoms. The summed E-state index contributed by atoms with van der Waals surface area (Å²) in [5.41, 5.74) is 3.47. The number of aromatic nitrogens is 2. The number of hydrogen-bond donors (Lipinski definition) is 1. The first-order valence-corrected chi connectivity index (χ1v) is 13.5. The summed E-state index contributed by atoms with van der Waals surface area (Å²) < 4.78 is 32.2. The van der Waals surface area contributed by atoms with Crippen LogP contribution < -0.4 is 4.74 Å². The summed E-state index contributed by atoms with van der Waals surface area (Å²) >= 11 is 0. The van der Waals surface area contributed by atoms with Crippen molar-refractivity contribution in [3.63, 3.8) is 0 Å². The molecule has 0 spiro atoms. The zero-order chi connectivity index (χ0) is 25.4. The van der Waals surface area contributed by atoms with Gasteiger partial charge in [0.25, 0.3) is 0 Å². The molecule has 0 fully saturated rings. The predicted octanol–water partition coefficient (Wildman–Crippen LogP) is 4.25. The van der Waals surface area contributed by atoms with Gasteiger partial charge >= 0.3 is 0 Å². The minimum atomic E-state index is -3.61. The number of Topliss-reactive ketones (excluding diaryl/α,β-unsaturated/α-hetero) is 1. The second-order valence-corrected chi connectivity index (χ2v) is 12.7. The lowest BCUT2D eigenvalue weighted by atomic mass is 9.88. The molecule has 8 heteroatoms. The van der Waals surface area contributed by atoms with Gasteiger partial charge in [0.1, 0.15) is 11.5 Å². The van der Waals surface area contributed by atoms with Gasteiger partial charge in [-0.25, -0.2) is 8.42 Å². The number of benzene rings is 2. The van der Waals surface area contributed by atoms with Gasteiger partial charge in [-0.2, -0.15) is 5.10 Å². The Labute approximate surface area is 206 Å². The Balaban J connectivity index is 1.60. The van der Waals surface area contributed by atoms with Crippen LogP contribution in [0.5, 0.6) is 5.75 Å². The minimum Gasteiger partial charge on any atom is -0.493 e. The maximum Gasteiger partial charge on any atom is 0.178 e. The Morgan fingerprint density at radius 3 is 2.63 bits per heavy atom. The fourth-order valence-electron chi connectivity index (χ4n) is 4.32. The number of carbonyl (C=O) groups excluding carboxylic acids is 1. The first-order chi connectivity index (χ1) is 16.5. The molecule has 2 aromatic carbocycles. The highest BCUT2D eigenvalue weighted by Crippen LogP contribution is 2.40. The summed E-state index contributed by atoms with van der Waals surface area (Å²) in [7, 11) is -3.61. The lowest BCUT2D eigenvalue weighted by molar-refractivity contribution is 0.0498. The largest absolute Gasteiger partial charge is 0.493 e. The molecule has 0 amide bonds. The molecule has 0 radical (unpaired) electrons. The second kappa shape index (κ2) is 9.59. The molecular weight excluding hydrogens is 464 g/mol. The van der Waals surface area contributed by atoms with E-state index in [1.807, 2.05) is 41.9 Å². The Morgan fingerprint density at radius 2 is 1.91 bits per heavy atom. The minimum absolute atomic E-state index is 0.105. The van der Waals surface area contributed by atoms with Crippen molar-refractivity contribution >= 4 is 15.6 Å². The SMILES string of the molecule is CCn1nccc1C[C@@H]1COc2cc(-c3ccccc3C(=O)CS(=O)(=O)C(C)(C)C)ccc2[C@H]1O. The van der Waals surface area contributed by atoms with Crippen molar-refractivity contribution < 1.29 is 23.1 Å². The van der Waals surface area contributed by atoms with Crippen LogP contribution in [0.25, 0.3) is 11.1 Å². The van der Waals surface area contributed by atoms with Gasteiger partial charge in [0.05, 0.1) is 17.5 Å². The lowest BCUT2D eigenvalue weighted by Gasteiger charge is -2.31. The van der Waals surface area contributed by atoms with Crippen molar-refractivity contribution in [1.82, 2.24) is 9.78 Å². The molecule has 1 aliphatic heterocycles. The predicted molar refractivity (Wildman–Crippen MR) is 135 cm³/mol. The van der Waals surface area contributed by atoms with Crippen molar-refractivity contribution in [2.24, 2.45) is 5.92 Å². The maximum absolute atomic E-state index is 13.0. The van der Waals surface area contributed by atoms with Crippen LogP contribution in [0.3, 0.4) is 0 Å². The highest BCUT2D eigenvalue weighted by molar-refractivity contribution is 7.93. The first kappa shape index (κ1) is 25.1. The van der Waals surface area contributed by atoms with Gasteiger partial charge in [-0.1, -0.05) is 36.4 Å². The second-order valence-electron chi connectivity index (χ2n) is 9.95. The van der Waals surface area contributed by atoms with E-state index in [1.54, 1.807) is 45.2 Å². The van der Waals surface area contributed by atoms with Gasteiger partial charge < -0.3 is 9.84 Å². The number of hydrogen-bond acceptors (Lipinski definition) is 6. The number of ketones is 1. The number of aliphatic hydroxyl groups is 1. The molecule has 0 saturated heterocycles. The average molecular weight is 497 g/mol. The topological polar surface area (TPSA) is 98.5 Å². The monoisotopic (exact) mass is 496 g/mol. The Kier molecular flexibility index (Phi) is 6.88. The van der Waals surface area contributed by atoms with Gasteiger partial charge in [0, 0.05) is 35.5 Å². The molecule has 0 saturated carbocycles. The molecule has 1 aliphatic rings. The molecule has 4 rings (SSSR count). The third-order valence-corrected chi connectivity index (χ3v) is 9.11.